The van der Waals surface area contributed by atoms with Crippen LogP contribution in [0.5, 0.6) is 0 Å². The van der Waals surface area contributed by atoms with Crippen molar-refractivity contribution in [2.75, 3.05) is 19.6 Å². The highest BCUT2D eigenvalue weighted by molar-refractivity contribution is 5.87. The predicted octanol–water partition coefficient (Wildman–Crippen LogP) is 3.03. The van der Waals surface area contributed by atoms with Crippen LogP contribution in [-0.4, -0.2) is 35.6 Å². The van der Waals surface area contributed by atoms with E-state index in [1.54, 1.807) is 0 Å². The first kappa shape index (κ1) is 15.8. The van der Waals surface area contributed by atoms with Crippen molar-refractivity contribution in [3.8, 4) is 0 Å². The molecule has 116 valence electrons. The van der Waals surface area contributed by atoms with Gasteiger partial charge in [0.25, 0.3) is 0 Å². The number of oxime groups is 1. The summed E-state index contributed by atoms with van der Waals surface area (Å²) < 4.78 is 0. The minimum Gasteiger partial charge on any atom is -0.409 e. The van der Waals surface area contributed by atoms with E-state index in [1.807, 2.05) is 30.3 Å². The number of hydrogen-bond donors (Lipinski definition) is 2. The molecular formula is C17H27N3O. The van der Waals surface area contributed by atoms with E-state index in [1.165, 1.54) is 19.3 Å². The van der Waals surface area contributed by atoms with Gasteiger partial charge < -0.3 is 15.8 Å². The van der Waals surface area contributed by atoms with Crippen molar-refractivity contribution in [3.05, 3.63) is 35.9 Å². The summed E-state index contributed by atoms with van der Waals surface area (Å²) in [7, 11) is 0. The molecule has 2 rings (SSSR count). The van der Waals surface area contributed by atoms with Gasteiger partial charge in [-0.25, -0.2) is 0 Å². The minimum atomic E-state index is -0.0396. The van der Waals surface area contributed by atoms with Crippen molar-refractivity contribution in [2.24, 2.45) is 16.3 Å². The van der Waals surface area contributed by atoms with Crippen LogP contribution < -0.4 is 5.73 Å². The molecule has 0 aromatic heterocycles. The largest absolute Gasteiger partial charge is 0.409 e. The molecule has 1 unspecified atom stereocenters. The van der Waals surface area contributed by atoms with Gasteiger partial charge in [-0.1, -0.05) is 55.8 Å². The summed E-state index contributed by atoms with van der Waals surface area (Å²) in [6.07, 6.45) is 3.69. The lowest BCUT2D eigenvalue weighted by Gasteiger charge is -2.40. The Morgan fingerprint density at radius 1 is 1.33 bits per heavy atom. The molecule has 1 saturated heterocycles. The van der Waals surface area contributed by atoms with Crippen molar-refractivity contribution in [1.29, 1.82) is 0 Å². The molecule has 0 saturated carbocycles. The molecule has 0 spiro atoms. The van der Waals surface area contributed by atoms with E-state index >= 15 is 0 Å². The Hall–Kier alpha value is -1.55. The van der Waals surface area contributed by atoms with Crippen LogP contribution >= 0.6 is 0 Å². The highest BCUT2D eigenvalue weighted by atomic mass is 16.4. The van der Waals surface area contributed by atoms with Gasteiger partial charge in [-0.3, -0.25) is 0 Å². The second-order valence-corrected chi connectivity index (χ2v) is 6.45. The molecule has 1 atom stereocenters. The van der Waals surface area contributed by atoms with E-state index in [0.29, 0.717) is 11.3 Å². The summed E-state index contributed by atoms with van der Waals surface area (Å²) in [5.74, 6) is 0.257. The van der Waals surface area contributed by atoms with E-state index in [0.717, 1.165) is 25.2 Å². The smallest absolute Gasteiger partial charge is 0.147 e. The maximum atomic E-state index is 9.06. The van der Waals surface area contributed by atoms with Crippen LogP contribution in [0.1, 0.15) is 44.6 Å². The first-order chi connectivity index (χ1) is 10.1. The molecule has 3 N–H and O–H groups in total. The fraction of sp³-hybridized carbons (Fsp3) is 0.588. The SMILES string of the molecule is CCC1(C)CCN(CC(C(N)=NO)c2ccccc2)CC1. The first-order valence-corrected chi connectivity index (χ1v) is 7.83. The molecule has 0 bridgehead atoms. The molecule has 1 heterocycles. The fourth-order valence-electron chi connectivity index (χ4n) is 3.01. The highest BCUT2D eigenvalue weighted by Crippen LogP contribution is 2.34. The zero-order chi connectivity index (χ0) is 15.3. The van der Waals surface area contributed by atoms with Gasteiger partial charge in [0.2, 0.25) is 0 Å². The number of hydrogen-bond acceptors (Lipinski definition) is 3. The summed E-state index contributed by atoms with van der Waals surface area (Å²) in [6, 6.07) is 10.1. The third kappa shape index (κ3) is 3.97. The standard InChI is InChI=1S/C17H27N3O/c1-3-17(2)9-11-20(12-10-17)13-15(16(18)19-21)14-7-5-4-6-8-14/h4-8,15,21H,3,9-13H2,1-2H3,(H2,18,19). The Labute approximate surface area is 127 Å². The molecule has 0 aliphatic carbocycles. The third-order valence-corrected chi connectivity index (χ3v) is 5.03. The van der Waals surface area contributed by atoms with E-state index in [9.17, 15) is 0 Å². The number of rotatable bonds is 5. The Kier molecular flexibility index (Phi) is 5.23. The lowest BCUT2D eigenvalue weighted by atomic mass is 9.78. The number of amidine groups is 1. The molecule has 0 radical (unpaired) electrons. The second kappa shape index (κ2) is 6.94. The Morgan fingerprint density at radius 3 is 2.48 bits per heavy atom. The van der Waals surface area contributed by atoms with E-state index in [2.05, 4.69) is 23.9 Å². The molecule has 4 heteroatoms. The van der Waals surface area contributed by atoms with Crippen molar-refractivity contribution >= 4 is 5.84 Å². The first-order valence-electron chi connectivity index (χ1n) is 7.83. The number of piperidine rings is 1. The average molecular weight is 289 g/mol. The molecule has 0 amide bonds. The number of benzene rings is 1. The van der Waals surface area contributed by atoms with E-state index in [4.69, 9.17) is 10.9 Å². The van der Waals surface area contributed by atoms with Crippen LogP contribution in [0.15, 0.2) is 35.5 Å². The minimum absolute atomic E-state index is 0.0396. The summed E-state index contributed by atoms with van der Waals surface area (Å²) in [4.78, 5) is 2.44. The monoisotopic (exact) mass is 289 g/mol. The predicted molar refractivity (Wildman–Crippen MR) is 86.7 cm³/mol. The Morgan fingerprint density at radius 2 is 1.95 bits per heavy atom. The van der Waals surface area contributed by atoms with Crippen molar-refractivity contribution in [3.63, 3.8) is 0 Å². The van der Waals surface area contributed by atoms with Crippen molar-refractivity contribution in [2.45, 2.75) is 39.0 Å². The summed E-state index contributed by atoms with van der Waals surface area (Å²) in [5.41, 5.74) is 7.51. The molecule has 1 aromatic carbocycles. The van der Waals surface area contributed by atoms with Gasteiger partial charge in [0.1, 0.15) is 5.84 Å². The lowest BCUT2D eigenvalue weighted by molar-refractivity contribution is 0.113. The van der Waals surface area contributed by atoms with Crippen LogP contribution in [0.4, 0.5) is 0 Å². The summed E-state index contributed by atoms with van der Waals surface area (Å²) in [5, 5.41) is 12.3. The van der Waals surface area contributed by atoms with Gasteiger partial charge in [0.15, 0.2) is 0 Å². The molecule has 21 heavy (non-hydrogen) atoms. The van der Waals surface area contributed by atoms with Crippen LogP contribution in [0.3, 0.4) is 0 Å². The van der Waals surface area contributed by atoms with Gasteiger partial charge in [-0.05, 0) is 36.9 Å². The van der Waals surface area contributed by atoms with Crippen molar-refractivity contribution < 1.29 is 5.21 Å². The summed E-state index contributed by atoms with van der Waals surface area (Å²) in [6.45, 7) is 7.65. The Bertz CT molecular complexity index is 464. The molecule has 4 nitrogen and oxygen atoms in total. The highest BCUT2D eigenvalue weighted by Gasteiger charge is 2.30. The van der Waals surface area contributed by atoms with E-state index in [-0.39, 0.29) is 5.92 Å². The average Bonchev–Trinajstić information content (AvgIpc) is 2.54. The fourth-order valence-corrected chi connectivity index (χ4v) is 3.01. The molecule has 1 aromatic rings. The zero-order valence-corrected chi connectivity index (χ0v) is 13.1. The maximum absolute atomic E-state index is 9.06. The summed E-state index contributed by atoms with van der Waals surface area (Å²) >= 11 is 0. The quantitative estimate of drug-likeness (QED) is 0.379. The number of likely N-dealkylation sites (tertiary alicyclic amines) is 1. The van der Waals surface area contributed by atoms with Gasteiger partial charge in [-0.2, -0.15) is 0 Å². The maximum Gasteiger partial charge on any atom is 0.147 e. The second-order valence-electron chi connectivity index (χ2n) is 6.45. The van der Waals surface area contributed by atoms with Crippen LogP contribution in [-0.2, 0) is 0 Å². The van der Waals surface area contributed by atoms with Gasteiger partial charge >= 0.3 is 0 Å². The van der Waals surface area contributed by atoms with Crippen LogP contribution in [0.25, 0.3) is 0 Å². The topological polar surface area (TPSA) is 61.8 Å². The third-order valence-electron chi connectivity index (χ3n) is 5.03. The zero-order valence-electron chi connectivity index (χ0n) is 13.1. The Balaban J connectivity index is 2.04. The van der Waals surface area contributed by atoms with Gasteiger partial charge in [-0.15, -0.1) is 0 Å². The number of nitrogens with zero attached hydrogens (tertiary/aromatic N) is 2. The molecule has 1 aliphatic heterocycles. The number of nitrogens with two attached hydrogens (primary N) is 1. The van der Waals surface area contributed by atoms with Gasteiger partial charge in [0.05, 0.1) is 5.92 Å². The lowest BCUT2D eigenvalue weighted by Crippen LogP contribution is -2.42. The molecule has 1 aliphatic rings. The van der Waals surface area contributed by atoms with Gasteiger partial charge in [0, 0.05) is 6.54 Å². The molecular weight excluding hydrogens is 262 g/mol. The van der Waals surface area contributed by atoms with Crippen LogP contribution in [0.2, 0.25) is 0 Å². The normalized spacial score (nSPS) is 21.1. The molecule has 1 fully saturated rings. The van der Waals surface area contributed by atoms with Crippen molar-refractivity contribution in [1.82, 2.24) is 4.90 Å². The van der Waals surface area contributed by atoms with Crippen LogP contribution in [0, 0.1) is 5.41 Å². The van der Waals surface area contributed by atoms with E-state index < -0.39 is 0 Å².